The van der Waals surface area contributed by atoms with Crippen molar-refractivity contribution in [1.29, 1.82) is 0 Å². The van der Waals surface area contributed by atoms with E-state index in [1.165, 1.54) is 18.7 Å². The maximum atomic E-state index is 11.9. The molecule has 0 aliphatic carbocycles. The first kappa shape index (κ1) is 12.7. The van der Waals surface area contributed by atoms with Gasteiger partial charge >= 0.3 is 6.03 Å². The smallest absolute Gasteiger partial charge is 0.321 e. The number of carbonyl (C=O) groups is 3. The van der Waals surface area contributed by atoms with Gasteiger partial charge < -0.3 is 19.6 Å². The fourth-order valence-electron chi connectivity index (χ4n) is 2.74. The SMILES string of the molecule is CC(=O)N1CN(C(C)=O)C2C1CN(C)C(=O)N2C. The topological polar surface area (TPSA) is 64.2 Å². The molecule has 0 bridgehead atoms. The van der Waals surface area contributed by atoms with Crippen LogP contribution in [0.4, 0.5) is 4.79 Å². The first-order valence-electron chi connectivity index (χ1n) is 5.87. The molecule has 2 saturated heterocycles. The van der Waals surface area contributed by atoms with E-state index in [9.17, 15) is 14.4 Å². The molecule has 100 valence electrons. The molecule has 7 heteroatoms. The van der Waals surface area contributed by atoms with Crippen LogP contribution >= 0.6 is 0 Å². The van der Waals surface area contributed by atoms with Gasteiger partial charge in [-0.15, -0.1) is 0 Å². The zero-order valence-electron chi connectivity index (χ0n) is 11.1. The van der Waals surface area contributed by atoms with Gasteiger partial charge in [0, 0.05) is 34.5 Å². The summed E-state index contributed by atoms with van der Waals surface area (Å²) < 4.78 is 0. The van der Waals surface area contributed by atoms with Crippen molar-refractivity contribution in [2.24, 2.45) is 0 Å². The number of amides is 4. The minimum atomic E-state index is -0.352. The first-order chi connectivity index (χ1) is 8.34. The average molecular weight is 254 g/mol. The molecule has 0 saturated carbocycles. The first-order valence-corrected chi connectivity index (χ1v) is 5.87. The summed E-state index contributed by atoms with van der Waals surface area (Å²) in [5.41, 5.74) is 0. The van der Waals surface area contributed by atoms with Gasteiger partial charge in [0.25, 0.3) is 0 Å². The molecule has 18 heavy (non-hydrogen) atoms. The molecule has 0 aromatic carbocycles. The monoisotopic (exact) mass is 254 g/mol. The Morgan fingerprint density at radius 2 is 1.67 bits per heavy atom. The van der Waals surface area contributed by atoms with Gasteiger partial charge in [-0.3, -0.25) is 9.59 Å². The summed E-state index contributed by atoms with van der Waals surface area (Å²) in [4.78, 5) is 41.5. The molecular formula is C11H18N4O3. The highest BCUT2D eigenvalue weighted by molar-refractivity contribution is 5.81. The maximum Gasteiger partial charge on any atom is 0.321 e. The highest BCUT2D eigenvalue weighted by Crippen LogP contribution is 2.28. The number of hydrogen-bond acceptors (Lipinski definition) is 3. The highest BCUT2D eigenvalue weighted by atomic mass is 16.2. The largest absolute Gasteiger partial charge is 0.325 e. The van der Waals surface area contributed by atoms with Gasteiger partial charge in [0.15, 0.2) is 0 Å². The Morgan fingerprint density at radius 3 is 2.17 bits per heavy atom. The lowest BCUT2D eigenvalue weighted by atomic mass is 10.1. The van der Waals surface area contributed by atoms with Crippen molar-refractivity contribution in [1.82, 2.24) is 19.6 Å². The molecular weight excluding hydrogens is 236 g/mol. The third-order valence-corrected chi connectivity index (χ3v) is 3.66. The molecule has 2 fully saturated rings. The summed E-state index contributed by atoms with van der Waals surface area (Å²) in [7, 11) is 3.36. The predicted octanol–water partition coefficient (Wildman–Crippen LogP) is -0.654. The Labute approximate surface area is 106 Å². The Balaban J connectivity index is 2.35. The van der Waals surface area contributed by atoms with E-state index in [2.05, 4.69) is 0 Å². The van der Waals surface area contributed by atoms with Crippen molar-refractivity contribution in [3.05, 3.63) is 0 Å². The molecule has 2 rings (SSSR count). The Bertz CT molecular complexity index is 411. The molecule has 2 unspecified atom stereocenters. The molecule has 0 radical (unpaired) electrons. The number of carbonyl (C=O) groups excluding carboxylic acids is 3. The summed E-state index contributed by atoms with van der Waals surface area (Å²) >= 11 is 0. The van der Waals surface area contributed by atoms with E-state index in [4.69, 9.17) is 0 Å². The van der Waals surface area contributed by atoms with Gasteiger partial charge in [-0.1, -0.05) is 0 Å². The lowest BCUT2D eigenvalue weighted by molar-refractivity contribution is -0.133. The highest BCUT2D eigenvalue weighted by Gasteiger charge is 2.50. The number of fused-ring (bicyclic) bond motifs is 1. The fraction of sp³-hybridized carbons (Fsp3) is 0.727. The second kappa shape index (κ2) is 4.15. The summed E-state index contributed by atoms with van der Waals surface area (Å²) in [6.07, 6.45) is -0.352. The summed E-state index contributed by atoms with van der Waals surface area (Å²) in [6.45, 7) is 3.65. The Kier molecular flexibility index (Phi) is 2.92. The normalized spacial score (nSPS) is 27.7. The van der Waals surface area contributed by atoms with Crippen LogP contribution in [0.5, 0.6) is 0 Å². The molecule has 2 aliphatic heterocycles. The third kappa shape index (κ3) is 1.70. The van der Waals surface area contributed by atoms with Crippen LogP contribution in [0.2, 0.25) is 0 Å². The predicted molar refractivity (Wildman–Crippen MR) is 63.3 cm³/mol. The van der Waals surface area contributed by atoms with Crippen LogP contribution in [-0.4, -0.2) is 77.0 Å². The van der Waals surface area contributed by atoms with E-state index in [-0.39, 0.29) is 36.7 Å². The molecule has 0 N–H and O–H groups in total. The van der Waals surface area contributed by atoms with E-state index >= 15 is 0 Å². The number of urea groups is 1. The minimum Gasteiger partial charge on any atom is -0.325 e. The molecule has 4 amide bonds. The second-order valence-corrected chi connectivity index (χ2v) is 4.87. The number of likely N-dealkylation sites (N-methyl/N-ethyl adjacent to an activating group) is 2. The van der Waals surface area contributed by atoms with E-state index in [1.807, 2.05) is 0 Å². The van der Waals surface area contributed by atoms with E-state index in [1.54, 1.807) is 28.8 Å². The second-order valence-electron chi connectivity index (χ2n) is 4.87. The molecule has 2 atom stereocenters. The molecule has 2 heterocycles. The van der Waals surface area contributed by atoms with Gasteiger partial charge in [-0.05, 0) is 0 Å². The van der Waals surface area contributed by atoms with Crippen molar-refractivity contribution < 1.29 is 14.4 Å². The zero-order chi connectivity index (χ0) is 13.6. The van der Waals surface area contributed by atoms with Gasteiger partial charge in [-0.25, -0.2) is 4.79 Å². The Morgan fingerprint density at radius 1 is 1.11 bits per heavy atom. The molecule has 7 nitrogen and oxygen atoms in total. The lowest BCUT2D eigenvalue weighted by Gasteiger charge is -2.42. The molecule has 0 aromatic rings. The lowest BCUT2D eigenvalue weighted by Crippen LogP contribution is -2.63. The average Bonchev–Trinajstić information content (AvgIpc) is 2.65. The van der Waals surface area contributed by atoms with Crippen LogP contribution in [0.3, 0.4) is 0 Å². The van der Waals surface area contributed by atoms with Gasteiger partial charge in [-0.2, -0.15) is 0 Å². The van der Waals surface area contributed by atoms with Crippen molar-refractivity contribution in [2.45, 2.75) is 26.1 Å². The minimum absolute atomic E-state index is 0.0788. The van der Waals surface area contributed by atoms with Crippen LogP contribution in [-0.2, 0) is 9.59 Å². The van der Waals surface area contributed by atoms with E-state index in [0.29, 0.717) is 6.54 Å². The van der Waals surface area contributed by atoms with Gasteiger partial charge in [0.1, 0.15) is 6.17 Å². The van der Waals surface area contributed by atoms with Crippen molar-refractivity contribution in [3.63, 3.8) is 0 Å². The van der Waals surface area contributed by atoms with Crippen LogP contribution in [0.25, 0.3) is 0 Å². The molecule has 0 aromatic heterocycles. The van der Waals surface area contributed by atoms with Gasteiger partial charge in [0.05, 0.1) is 12.7 Å². The van der Waals surface area contributed by atoms with E-state index in [0.717, 1.165) is 0 Å². The molecule has 0 spiro atoms. The van der Waals surface area contributed by atoms with Crippen LogP contribution in [0.15, 0.2) is 0 Å². The third-order valence-electron chi connectivity index (χ3n) is 3.66. The summed E-state index contributed by atoms with van der Waals surface area (Å²) in [5.74, 6) is -0.206. The standard InChI is InChI=1S/C11H18N4O3/c1-7(16)14-6-15(8(2)17)10-9(14)5-12(3)11(18)13(10)4/h9-10H,5-6H2,1-4H3. The Hall–Kier alpha value is -1.79. The van der Waals surface area contributed by atoms with Crippen LogP contribution < -0.4 is 0 Å². The van der Waals surface area contributed by atoms with Crippen molar-refractivity contribution in [2.75, 3.05) is 27.3 Å². The van der Waals surface area contributed by atoms with Crippen LogP contribution in [0.1, 0.15) is 13.8 Å². The quantitative estimate of drug-likeness (QED) is 0.577. The van der Waals surface area contributed by atoms with Crippen molar-refractivity contribution >= 4 is 17.8 Å². The number of rotatable bonds is 0. The number of nitrogens with zero attached hydrogens (tertiary/aromatic N) is 4. The summed E-state index contributed by atoms with van der Waals surface area (Å²) in [6, 6.07) is -0.285. The fourth-order valence-corrected chi connectivity index (χ4v) is 2.74. The van der Waals surface area contributed by atoms with Crippen LogP contribution in [0, 0.1) is 0 Å². The van der Waals surface area contributed by atoms with Crippen molar-refractivity contribution in [3.8, 4) is 0 Å². The van der Waals surface area contributed by atoms with E-state index < -0.39 is 0 Å². The van der Waals surface area contributed by atoms with Gasteiger partial charge in [0.2, 0.25) is 11.8 Å². The zero-order valence-corrected chi connectivity index (χ0v) is 11.1. The number of hydrogen-bond donors (Lipinski definition) is 0. The molecule has 2 aliphatic rings. The maximum absolute atomic E-state index is 11.9. The summed E-state index contributed by atoms with van der Waals surface area (Å²) in [5, 5.41) is 0.